The summed E-state index contributed by atoms with van der Waals surface area (Å²) in [4.78, 5) is 0. The third-order valence-corrected chi connectivity index (χ3v) is 9.47. The van der Waals surface area contributed by atoms with Crippen LogP contribution in [0.3, 0.4) is 0 Å². The summed E-state index contributed by atoms with van der Waals surface area (Å²) in [5, 5.41) is 0. The second kappa shape index (κ2) is 7.21. The van der Waals surface area contributed by atoms with E-state index in [9.17, 15) is 0 Å². The molecule has 160 valence electrons. The summed E-state index contributed by atoms with van der Waals surface area (Å²) in [5.41, 5.74) is 0.729. The Kier molecular flexibility index (Phi) is 4.74. The van der Waals surface area contributed by atoms with Gasteiger partial charge in [-0.1, -0.05) is 50.5 Å². The molecule has 29 heavy (non-hydrogen) atoms. The quantitative estimate of drug-likeness (QED) is 0.274. The molecule has 0 radical (unpaired) electrons. The largest absolute Gasteiger partial charge is 0.378 e. The number of hydrogen-bond acceptors (Lipinski definition) is 3. The van der Waals surface area contributed by atoms with Gasteiger partial charge < -0.3 is 14.2 Å². The van der Waals surface area contributed by atoms with Crippen molar-refractivity contribution in [3.05, 3.63) is 24.3 Å². The average molecular weight is 399 g/mol. The summed E-state index contributed by atoms with van der Waals surface area (Å²) >= 11 is 0. The topological polar surface area (TPSA) is 34.3 Å². The van der Waals surface area contributed by atoms with Crippen molar-refractivity contribution in [1.82, 2.24) is 0 Å². The molecule has 9 atom stereocenters. The number of fused-ring (bicyclic) bond motifs is 5. The average Bonchev–Trinajstić information content (AvgIpc) is 3.58. The van der Waals surface area contributed by atoms with Crippen LogP contribution in [-0.2, 0) is 14.2 Å². The van der Waals surface area contributed by atoms with Crippen LogP contribution in [0, 0.1) is 40.4 Å². The van der Waals surface area contributed by atoms with Gasteiger partial charge in [0, 0.05) is 5.41 Å². The molecule has 4 fully saturated rings. The van der Waals surface area contributed by atoms with Gasteiger partial charge in [0.2, 0.25) is 0 Å². The molecule has 2 aliphatic heterocycles. The van der Waals surface area contributed by atoms with Crippen LogP contribution in [0.5, 0.6) is 0 Å². The van der Waals surface area contributed by atoms with E-state index in [-0.39, 0.29) is 0 Å². The number of allylic oxidation sites excluding steroid dienone is 4. The lowest BCUT2D eigenvalue weighted by Gasteiger charge is -2.47. The lowest BCUT2D eigenvalue weighted by Crippen LogP contribution is -2.42. The van der Waals surface area contributed by atoms with Gasteiger partial charge in [-0.3, -0.25) is 0 Å². The zero-order valence-corrected chi connectivity index (χ0v) is 18.1. The first-order valence-electron chi connectivity index (χ1n) is 12.4. The van der Waals surface area contributed by atoms with Crippen molar-refractivity contribution in [2.45, 2.75) is 70.5 Å². The van der Waals surface area contributed by atoms with Gasteiger partial charge in [-0.15, -0.1) is 0 Å². The van der Waals surface area contributed by atoms with Crippen LogP contribution in [0.2, 0.25) is 0 Å². The summed E-state index contributed by atoms with van der Waals surface area (Å²) < 4.78 is 17.4. The van der Waals surface area contributed by atoms with E-state index in [1.165, 1.54) is 51.4 Å². The number of rotatable bonds is 11. The minimum Gasteiger partial charge on any atom is -0.378 e. The van der Waals surface area contributed by atoms with Crippen LogP contribution in [0.15, 0.2) is 24.3 Å². The Morgan fingerprint density at radius 1 is 1.03 bits per heavy atom. The Bertz CT molecular complexity index is 677. The predicted octanol–water partition coefficient (Wildman–Crippen LogP) is 5.16. The molecular weight excluding hydrogens is 360 g/mol. The van der Waals surface area contributed by atoms with E-state index in [2.05, 4.69) is 31.2 Å². The van der Waals surface area contributed by atoms with Crippen molar-refractivity contribution < 1.29 is 14.2 Å². The van der Waals surface area contributed by atoms with E-state index in [4.69, 9.17) is 14.2 Å². The fraction of sp³-hybridized carbons (Fsp3) is 0.846. The molecule has 3 nitrogen and oxygen atoms in total. The Labute approximate surface area is 176 Å². The van der Waals surface area contributed by atoms with E-state index >= 15 is 0 Å². The Hall–Kier alpha value is -0.640. The van der Waals surface area contributed by atoms with Crippen LogP contribution < -0.4 is 0 Å². The zero-order valence-electron chi connectivity index (χ0n) is 18.1. The SMILES string of the molecule is CCCCCC(C1CO1)C1CC2(C34C=CC(CC3COCC3CO3)C4)C=CC1C2. The lowest BCUT2D eigenvalue weighted by molar-refractivity contribution is 0.0119. The van der Waals surface area contributed by atoms with Crippen molar-refractivity contribution in [1.29, 1.82) is 0 Å². The summed E-state index contributed by atoms with van der Waals surface area (Å²) in [6.07, 6.45) is 22.4. The first-order chi connectivity index (χ1) is 14.2. The number of ether oxygens (including phenoxy) is 3. The fourth-order valence-corrected chi connectivity index (χ4v) is 7.91. The summed E-state index contributed by atoms with van der Waals surface area (Å²) in [7, 11) is 0. The van der Waals surface area contributed by atoms with E-state index in [0.717, 1.165) is 50.1 Å². The summed E-state index contributed by atoms with van der Waals surface area (Å²) in [6.45, 7) is 5.96. The summed E-state index contributed by atoms with van der Waals surface area (Å²) in [5.74, 6) is 3.89. The highest BCUT2D eigenvalue weighted by Crippen LogP contribution is 2.72. The highest BCUT2D eigenvalue weighted by Gasteiger charge is 2.65. The minimum absolute atomic E-state index is 0.348. The fourth-order valence-electron chi connectivity index (χ4n) is 7.91. The Morgan fingerprint density at radius 2 is 1.93 bits per heavy atom. The highest BCUT2D eigenvalue weighted by atomic mass is 16.6. The van der Waals surface area contributed by atoms with Crippen molar-refractivity contribution in [2.24, 2.45) is 40.4 Å². The molecule has 3 heteroatoms. The maximum absolute atomic E-state index is 6.17. The van der Waals surface area contributed by atoms with Crippen LogP contribution in [0.25, 0.3) is 0 Å². The molecule has 0 aromatic carbocycles. The van der Waals surface area contributed by atoms with Gasteiger partial charge in [0.1, 0.15) is 6.10 Å². The molecule has 2 heterocycles. The van der Waals surface area contributed by atoms with E-state index in [0.29, 0.717) is 29.0 Å². The van der Waals surface area contributed by atoms with E-state index in [1.54, 1.807) is 0 Å². The lowest BCUT2D eigenvalue weighted by atomic mass is 9.57. The Morgan fingerprint density at radius 3 is 2.69 bits per heavy atom. The van der Waals surface area contributed by atoms with Gasteiger partial charge in [0.05, 0.1) is 32.5 Å². The molecule has 0 amide bonds. The molecule has 2 saturated carbocycles. The van der Waals surface area contributed by atoms with Crippen molar-refractivity contribution in [3.63, 3.8) is 0 Å². The molecule has 0 aromatic rings. The van der Waals surface area contributed by atoms with Crippen molar-refractivity contribution >= 4 is 0 Å². The zero-order chi connectivity index (χ0) is 19.5. The normalized spacial score (nSPS) is 49.3. The van der Waals surface area contributed by atoms with Gasteiger partial charge in [0.25, 0.3) is 0 Å². The van der Waals surface area contributed by atoms with Crippen LogP contribution in [0.1, 0.15) is 58.3 Å². The second-order valence-corrected chi connectivity index (χ2v) is 11.1. The smallest absolute Gasteiger partial charge is 0.104 e. The predicted molar refractivity (Wildman–Crippen MR) is 114 cm³/mol. The van der Waals surface area contributed by atoms with Crippen LogP contribution >= 0.6 is 0 Å². The van der Waals surface area contributed by atoms with E-state index < -0.39 is 0 Å². The first kappa shape index (κ1) is 19.1. The maximum Gasteiger partial charge on any atom is 0.104 e. The maximum atomic E-state index is 6.17. The number of hydrogen-bond donors (Lipinski definition) is 0. The van der Waals surface area contributed by atoms with E-state index in [1.807, 2.05) is 0 Å². The molecule has 4 aliphatic carbocycles. The molecule has 0 N–H and O–H groups in total. The molecule has 0 spiro atoms. The standard InChI is InChI=1S/C26H38O3/c1-2-3-4-5-22(24-17-29-24)23-13-25(8-7-19(23)12-25)26-9-6-18(11-26)10-20(26)14-27-15-21-16-28-21/h6-9,18-24H,2-5,10-17H2,1H3. The molecular formula is C26H38O3. The van der Waals surface area contributed by atoms with Crippen molar-refractivity contribution in [3.8, 4) is 0 Å². The van der Waals surface area contributed by atoms with Gasteiger partial charge in [-0.2, -0.15) is 0 Å². The molecule has 0 aromatic heterocycles. The highest BCUT2D eigenvalue weighted by molar-refractivity contribution is 5.33. The van der Waals surface area contributed by atoms with Crippen LogP contribution in [-0.4, -0.2) is 38.6 Å². The van der Waals surface area contributed by atoms with Crippen molar-refractivity contribution in [2.75, 3.05) is 26.4 Å². The van der Waals surface area contributed by atoms with Gasteiger partial charge >= 0.3 is 0 Å². The molecule has 6 rings (SSSR count). The second-order valence-electron chi connectivity index (χ2n) is 11.1. The molecule has 6 aliphatic rings. The van der Waals surface area contributed by atoms with Gasteiger partial charge in [-0.05, 0) is 67.1 Å². The van der Waals surface area contributed by atoms with Crippen LogP contribution in [0.4, 0.5) is 0 Å². The monoisotopic (exact) mass is 398 g/mol. The first-order valence-corrected chi connectivity index (χ1v) is 12.4. The summed E-state index contributed by atoms with van der Waals surface area (Å²) in [6, 6.07) is 0. The Balaban J connectivity index is 1.19. The third-order valence-electron chi connectivity index (χ3n) is 9.47. The number of unbranched alkanes of at least 4 members (excludes halogenated alkanes) is 2. The minimum atomic E-state index is 0.348. The third kappa shape index (κ3) is 3.18. The number of epoxide rings is 2. The van der Waals surface area contributed by atoms with Gasteiger partial charge in [0.15, 0.2) is 0 Å². The molecule has 2 saturated heterocycles. The van der Waals surface area contributed by atoms with Gasteiger partial charge in [-0.25, -0.2) is 0 Å². The molecule has 4 bridgehead atoms. The molecule has 9 unspecified atom stereocenters.